The molecule has 2 amide bonds. The van der Waals surface area contributed by atoms with Crippen LogP contribution in [0.2, 0.25) is 0 Å². The van der Waals surface area contributed by atoms with Crippen LogP contribution in [0.4, 0.5) is 10.5 Å². The van der Waals surface area contributed by atoms with Crippen LogP contribution in [-0.4, -0.2) is 43.5 Å². The van der Waals surface area contributed by atoms with Gasteiger partial charge in [-0.2, -0.15) is 4.31 Å². The number of hydrogen-bond acceptors (Lipinski definition) is 5. The van der Waals surface area contributed by atoms with Crippen LogP contribution >= 0.6 is 0 Å². The normalized spacial score (nSPS) is 16.2. The van der Waals surface area contributed by atoms with Crippen LogP contribution in [0.1, 0.15) is 24.3 Å². The average molecular weight is 392 g/mol. The Morgan fingerprint density at radius 3 is 2.48 bits per heavy atom. The molecule has 1 saturated heterocycles. The van der Waals surface area contributed by atoms with Crippen molar-refractivity contribution in [2.75, 3.05) is 25.0 Å². The molecule has 146 valence electrons. The minimum absolute atomic E-state index is 0.239. The molecule has 0 bridgehead atoms. The lowest BCUT2D eigenvalue weighted by Crippen LogP contribution is -2.42. The van der Waals surface area contributed by atoms with Gasteiger partial charge in [0.2, 0.25) is 10.0 Å². The Morgan fingerprint density at radius 2 is 1.89 bits per heavy atom. The summed E-state index contributed by atoms with van der Waals surface area (Å²) in [6.07, 6.45) is 1.41. The first-order valence-corrected chi connectivity index (χ1v) is 10.3. The van der Waals surface area contributed by atoms with E-state index in [0.717, 1.165) is 0 Å². The second kappa shape index (κ2) is 8.10. The highest BCUT2D eigenvalue weighted by Gasteiger charge is 2.29. The van der Waals surface area contributed by atoms with Crippen LogP contribution in [0.5, 0.6) is 0 Å². The molecule has 0 radical (unpaired) electrons. The van der Waals surface area contributed by atoms with E-state index in [-0.39, 0.29) is 11.9 Å². The van der Waals surface area contributed by atoms with Gasteiger partial charge < -0.3 is 15.2 Å². The largest absolute Gasteiger partial charge is 0.359 e. The zero-order valence-corrected chi connectivity index (χ0v) is 16.3. The lowest BCUT2D eigenvalue weighted by Gasteiger charge is -2.31. The number of piperidine rings is 1. The molecule has 1 aliphatic rings. The number of nitrogens with one attached hydrogen (secondary N) is 2. The summed E-state index contributed by atoms with van der Waals surface area (Å²) in [5.41, 5.74) is 1.21. The van der Waals surface area contributed by atoms with Crippen molar-refractivity contribution in [1.29, 1.82) is 0 Å². The minimum atomic E-state index is -3.44. The average Bonchev–Trinajstić information content (AvgIpc) is 2.99. The number of carbonyl (C=O) groups excluding carboxylic acids is 1. The number of aryl methyl sites for hydroxylation is 2. The molecule has 0 saturated carbocycles. The Balaban J connectivity index is 1.48. The van der Waals surface area contributed by atoms with E-state index in [4.69, 9.17) is 4.52 Å². The number of hydrogen-bond donors (Lipinski definition) is 2. The first-order valence-electron chi connectivity index (χ1n) is 8.91. The summed E-state index contributed by atoms with van der Waals surface area (Å²) < 4.78 is 31.8. The Morgan fingerprint density at radius 1 is 1.22 bits per heavy atom. The number of rotatable bonds is 5. The topological polar surface area (TPSA) is 105 Å². The SMILES string of the molecule is Cc1noc(C)c1NC(=O)NCC1CCN(S(=O)(=O)c2ccccc2)CC1. The van der Waals surface area contributed by atoms with Gasteiger partial charge in [0.25, 0.3) is 0 Å². The fraction of sp³-hybridized carbons (Fsp3) is 0.444. The van der Waals surface area contributed by atoms with Crippen molar-refractivity contribution < 1.29 is 17.7 Å². The standard InChI is InChI=1S/C18H24N4O4S/c1-13-17(14(2)26-21-13)20-18(23)19-12-15-8-10-22(11-9-15)27(24,25)16-6-4-3-5-7-16/h3-7,15H,8-12H2,1-2H3,(H2,19,20,23). The molecule has 1 aromatic carbocycles. The Hall–Kier alpha value is -2.39. The molecular formula is C18H24N4O4S. The highest BCUT2D eigenvalue weighted by atomic mass is 32.2. The maximum atomic E-state index is 12.6. The molecule has 2 heterocycles. The molecule has 3 rings (SSSR count). The minimum Gasteiger partial charge on any atom is -0.359 e. The predicted octanol–water partition coefficient (Wildman–Crippen LogP) is 2.51. The van der Waals surface area contributed by atoms with Crippen LogP contribution in [0.15, 0.2) is 39.8 Å². The molecule has 0 aliphatic carbocycles. The van der Waals surface area contributed by atoms with Crippen LogP contribution in [-0.2, 0) is 10.0 Å². The second-order valence-corrected chi connectivity index (χ2v) is 8.63. The molecule has 1 fully saturated rings. The van der Waals surface area contributed by atoms with Crippen LogP contribution < -0.4 is 10.6 Å². The molecule has 8 nitrogen and oxygen atoms in total. The third-order valence-electron chi connectivity index (χ3n) is 4.78. The number of carbonyl (C=O) groups is 1. The van der Waals surface area contributed by atoms with E-state index in [1.54, 1.807) is 44.2 Å². The van der Waals surface area contributed by atoms with E-state index in [2.05, 4.69) is 15.8 Å². The fourth-order valence-electron chi connectivity index (χ4n) is 3.15. The zero-order valence-electron chi connectivity index (χ0n) is 15.4. The summed E-state index contributed by atoms with van der Waals surface area (Å²) in [4.78, 5) is 12.4. The highest BCUT2D eigenvalue weighted by Crippen LogP contribution is 2.23. The first-order chi connectivity index (χ1) is 12.9. The second-order valence-electron chi connectivity index (χ2n) is 6.69. The molecule has 1 aromatic heterocycles. The van der Waals surface area contributed by atoms with Crippen molar-refractivity contribution in [3.05, 3.63) is 41.8 Å². The molecule has 27 heavy (non-hydrogen) atoms. The Bertz CT molecular complexity index is 868. The van der Waals surface area contributed by atoms with Crippen LogP contribution in [0.25, 0.3) is 0 Å². The summed E-state index contributed by atoms with van der Waals surface area (Å²) in [7, 11) is -3.44. The van der Waals surface area contributed by atoms with Crippen LogP contribution in [0.3, 0.4) is 0 Å². The number of sulfonamides is 1. The van der Waals surface area contributed by atoms with Crippen molar-refractivity contribution >= 4 is 21.7 Å². The predicted molar refractivity (Wildman–Crippen MR) is 101 cm³/mol. The number of amides is 2. The summed E-state index contributed by atoms with van der Waals surface area (Å²) in [6, 6.07) is 8.15. The van der Waals surface area contributed by atoms with Crippen molar-refractivity contribution in [2.24, 2.45) is 5.92 Å². The van der Waals surface area contributed by atoms with Gasteiger partial charge in [0.05, 0.1) is 4.90 Å². The van der Waals surface area contributed by atoms with Gasteiger partial charge >= 0.3 is 6.03 Å². The number of nitrogens with zero attached hydrogens (tertiary/aromatic N) is 2. The fourth-order valence-corrected chi connectivity index (χ4v) is 4.64. The van der Waals surface area contributed by atoms with E-state index in [1.807, 2.05) is 0 Å². The van der Waals surface area contributed by atoms with Gasteiger partial charge in [0.15, 0.2) is 5.76 Å². The van der Waals surface area contributed by atoms with E-state index in [9.17, 15) is 13.2 Å². The summed E-state index contributed by atoms with van der Waals surface area (Å²) in [6.45, 7) is 4.89. The smallest absolute Gasteiger partial charge is 0.319 e. The van der Waals surface area contributed by atoms with Gasteiger partial charge in [0, 0.05) is 19.6 Å². The Kier molecular flexibility index (Phi) is 5.81. The third kappa shape index (κ3) is 4.48. The lowest BCUT2D eigenvalue weighted by atomic mass is 9.98. The lowest BCUT2D eigenvalue weighted by molar-refractivity contribution is 0.240. The number of benzene rings is 1. The van der Waals surface area contributed by atoms with Gasteiger partial charge in [-0.1, -0.05) is 23.4 Å². The molecular weight excluding hydrogens is 368 g/mol. The molecule has 9 heteroatoms. The monoisotopic (exact) mass is 392 g/mol. The van der Waals surface area contributed by atoms with E-state index in [1.165, 1.54) is 4.31 Å². The van der Waals surface area contributed by atoms with Crippen molar-refractivity contribution in [3.63, 3.8) is 0 Å². The summed E-state index contributed by atoms with van der Waals surface area (Å²) >= 11 is 0. The molecule has 0 atom stereocenters. The van der Waals surface area contributed by atoms with E-state index in [0.29, 0.717) is 54.5 Å². The van der Waals surface area contributed by atoms with Gasteiger partial charge in [-0.05, 0) is 44.7 Å². The molecule has 0 spiro atoms. The van der Waals surface area contributed by atoms with Crippen molar-refractivity contribution in [3.8, 4) is 0 Å². The first kappa shape index (κ1) is 19.4. The van der Waals surface area contributed by atoms with E-state index >= 15 is 0 Å². The van der Waals surface area contributed by atoms with Crippen molar-refractivity contribution in [1.82, 2.24) is 14.8 Å². The highest BCUT2D eigenvalue weighted by molar-refractivity contribution is 7.89. The number of anilines is 1. The van der Waals surface area contributed by atoms with Gasteiger partial charge in [-0.15, -0.1) is 0 Å². The zero-order chi connectivity index (χ0) is 19.4. The molecule has 1 aliphatic heterocycles. The summed E-state index contributed by atoms with van der Waals surface area (Å²) in [5.74, 6) is 0.796. The molecule has 2 aromatic rings. The van der Waals surface area contributed by atoms with Gasteiger partial charge in [-0.25, -0.2) is 13.2 Å². The number of aromatic nitrogens is 1. The molecule has 0 unspecified atom stereocenters. The summed E-state index contributed by atoms with van der Waals surface area (Å²) in [5, 5.41) is 9.38. The number of urea groups is 1. The van der Waals surface area contributed by atoms with E-state index < -0.39 is 10.0 Å². The van der Waals surface area contributed by atoms with Crippen molar-refractivity contribution in [2.45, 2.75) is 31.6 Å². The maximum Gasteiger partial charge on any atom is 0.319 e. The van der Waals surface area contributed by atoms with Crippen LogP contribution in [0, 0.1) is 19.8 Å². The molecule has 2 N–H and O–H groups in total. The Labute approximate surface area is 159 Å². The van der Waals surface area contributed by atoms with Gasteiger partial charge in [-0.3, -0.25) is 0 Å². The third-order valence-corrected chi connectivity index (χ3v) is 6.69. The van der Waals surface area contributed by atoms with Gasteiger partial charge in [0.1, 0.15) is 11.4 Å². The maximum absolute atomic E-state index is 12.6. The quantitative estimate of drug-likeness (QED) is 0.813.